The zero-order valence-corrected chi connectivity index (χ0v) is 18.5. The molecule has 1 aliphatic rings. The lowest BCUT2D eigenvalue weighted by Crippen LogP contribution is -2.51. The summed E-state index contributed by atoms with van der Waals surface area (Å²) >= 11 is 6.19. The summed E-state index contributed by atoms with van der Waals surface area (Å²) in [7, 11) is -3.75. The van der Waals surface area contributed by atoms with Gasteiger partial charge < -0.3 is 5.32 Å². The molecular formula is C21H26ClN3O3S. The lowest BCUT2D eigenvalue weighted by atomic mass is 10.1. The second-order valence-electron chi connectivity index (χ2n) is 7.44. The molecule has 156 valence electrons. The molecule has 0 saturated carbocycles. The molecule has 29 heavy (non-hydrogen) atoms. The van der Waals surface area contributed by atoms with Crippen molar-refractivity contribution in [1.29, 1.82) is 0 Å². The Bertz CT molecular complexity index is 1000. The van der Waals surface area contributed by atoms with Crippen molar-refractivity contribution < 1.29 is 13.2 Å². The summed E-state index contributed by atoms with van der Waals surface area (Å²) in [5.41, 5.74) is 4.51. The first kappa shape index (κ1) is 21.8. The van der Waals surface area contributed by atoms with Crippen molar-refractivity contribution in [3.8, 4) is 0 Å². The highest BCUT2D eigenvalue weighted by molar-refractivity contribution is 7.86. The van der Waals surface area contributed by atoms with E-state index in [0.29, 0.717) is 24.5 Å². The highest BCUT2D eigenvalue weighted by atomic mass is 35.5. The van der Waals surface area contributed by atoms with Gasteiger partial charge in [-0.3, -0.25) is 4.79 Å². The van der Waals surface area contributed by atoms with Crippen molar-refractivity contribution >= 4 is 33.4 Å². The van der Waals surface area contributed by atoms with Crippen LogP contribution in [-0.4, -0.2) is 42.6 Å². The quantitative estimate of drug-likeness (QED) is 0.779. The van der Waals surface area contributed by atoms with E-state index in [-0.39, 0.29) is 19.0 Å². The largest absolute Gasteiger partial charge is 0.324 e. The van der Waals surface area contributed by atoms with Crippen molar-refractivity contribution in [2.45, 2.75) is 33.7 Å². The van der Waals surface area contributed by atoms with Crippen molar-refractivity contribution in [1.82, 2.24) is 8.61 Å². The zero-order valence-electron chi connectivity index (χ0n) is 16.9. The molecule has 2 aromatic carbocycles. The molecule has 1 heterocycles. The molecule has 1 amide bonds. The highest BCUT2D eigenvalue weighted by Gasteiger charge is 2.35. The van der Waals surface area contributed by atoms with Gasteiger partial charge in [0.25, 0.3) is 10.2 Å². The van der Waals surface area contributed by atoms with Crippen LogP contribution in [0.4, 0.5) is 5.69 Å². The molecule has 0 radical (unpaired) electrons. The average molecular weight is 436 g/mol. The second kappa shape index (κ2) is 8.83. The number of benzene rings is 2. The van der Waals surface area contributed by atoms with Gasteiger partial charge in [0.2, 0.25) is 5.91 Å². The van der Waals surface area contributed by atoms with Gasteiger partial charge in [0.05, 0.1) is 6.54 Å². The van der Waals surface area contributed by atoms with E-state index in [4.69, 9.17) is 11.6 Å². The Kier molecular flexibility index (Phi) is 6.63. The van der Waals surface area contributed by atoms with Gasteiger partial charge in [0, 0.05) is 30.3 Å². The molecule has 0 atom stereocenters. The molecule has 1 saturated heterocycles. The number of carbonyl (C=O) groups is 1. The molecule has 3 rings (SSSR count). The van der Waals surface area contributed by atoms with Gasteiger partial charge in [0.15, 0.2) is 0 Å². The Balaban J connectivity index is 1.72. The van der Waals surface area contributed by atoms with E-state index in [0.717, 1.165) is 27.9 Å². The van der Waals surface area contributed by atoms with E-state index in [9.17, 15) is 13.2 Å². The van der Waals surface area contributed by atoms with Crippen LogP contribution >= 0.6 is 11.6 Å². The van der Waals surface area contributed by atoms with Crippen molar-refractivity contribution in [3.63, 3.8) is 0 Å². The van der Waals surface area contributed by atoms with E-state index in [2.05, 4.69) is 5.32 Å². The number of hydrogen-bond acceptors (Lipinski definition) is 3. The maximum absolute atomic E-state index is 13.0. The molecule has 6 nitrogen and oxygen atoms in total. The van der Waals surface area contributed by atoms with E-state index >= 15 is 0 Å². The molecule has 1 N–H and O–H groups in total. The number of halogens is 1. The monoisotopic (exact) mass is 435 g/mol. The topological polar surface area (TPSA) is 69.7 Å². The Labute approximate surface area is 177 Å². The van der Waals surface area contributed by atoms with Gasteiger partial charge >= 0.3 is 0 Å². The van der Waals surface area contributed by atoms with E-state index in [1.54, 1.807) is 6.07 Å². The van der Waals surface area contributed by atoms with Crippen LogP contribution in [0.15, 0.2) is 36.4 Å². The van der Waals surface area contributed by atoms with Crippen molar-refractivity contribution in [2.75, 3.05) is 25.0 Å². The van der Waals surface area contributed by atoms with Crippen LogP contribution in [-0.2, 0) is 21.5 Å². The lowest BCUT2D eigenvalue weighted by molar-refractivity contribution is -0.116. The van der Waals surface area contributed by atoms with Crippen LogP contribution in [0.5, 0.6) is 0 Å². The fourth-order valence-electron chi connectivity index (χ4n) is 3.67. The van der Waals surface area contributed by atoms with Gasteiger partial charge in [-0.15, -0.1) is 0 Å². The second-order valence-corrected chi connectivity index (χ2v) is 9.78. The van der Waals surface area contributed by atoms with Gasteiger partial charge in [-0.05, 0) is 49.9 Å². The van der Waals surface area contributed by atoms with E-state index < -0.39 is 10.2 Å². The van der Waals surface area contributed by atoms with Crippen LogP contribution in [0.25, 0.3) is 0 Å². The Morgan fingerprint density at radius 3 is 2.34 bits per heavy atom. The van der Waals surface area contributed by atoms with Crippen LogP contribution < -0.4 is 5.32 Å². The number of hydrogen-bond donors (Lipinski definition) is 1. The Hall–Kier alpha value is -1.93. The number of carbonyl (C=O) groups excluding carboxylic acids is 1. The maximum atomic E-state index is 13.0. The molecule has 0 spiro atoms. The van der Waals surface area contributed by atoms with Crippen LogP contribution in [0.1, 0.15) is 28.7 Å². The summed E-state index contributed by atoms with van der Waals surface area (Å²) in [4.78, 5) is 12.6. The lowest BCUT2D eigenvalue weighted by Gasteiger charge is -2.34. The SMILES string of the molecule is Cc1cc(C)c(NC(=O)CN2CCCN(Cc3ccccc3Cl)S2(=O)=O)c(C)c1. The molecule has 0 unspecified atom stereocenters. The third-order valence-electron chi connectivity index (χ3n) is 5.03. The summed E-state index contributed by atoms with van der Waals surface area (Å²) in [5, 5.41) is 3.41. The molecule has 0 aliphatic carbocycles. The van der Waals surface area contributed by atoms with Crippen LogP contribution in [0.2, 0.25) is 5.02 Å². The van der Waals surface area contributed by atoms with Crippen LogP contribution in [0.3, 0.4) is 0 Å². The smallest absolute Gasteiger partial charge is 0.282 e. The predicted molar refractivity (Wildman–Crippen MR) is 116 cm³/mol. The highest BCUT2D eigenvalue weighted by Crippen LogP contribution is 2.24. The normalized spacial score (nSPS) is 17.2. The number of amides is 1. The summed E-state index contributed by atoms with van der Waals surface area (Å²) in [6.45, 7) is 6.56. The Morgan fingerprint density at radius 1 is 1.07 bits per heavy atom. The molecule has 1 fully saturated rings. The first-order valence-electron chi connectivity index (χ1n) is 9.55. The van der Waals surface area contributed by atoms with Gasteiger partial charge in [0.1, 0.15) is 0 Å². The van der Waals surface area contributed by atoms with Gasteiger partial charge in [-0.2, -0.15) is 17.0 Å². The number of aryl methyl sites for hydroxylation is 3. The number of nitrogens with zero attached hydrogens (tertiary/aromatic N) is 2. The first-order valence-corrected chi connectivity index (χ1v) is 11.3. The average Bonchev–Trinajstić information content (AvgIpc) is 2.63. The fourth-order valence-corrected chi connectivity index (χ4v) is 5.50. The van der Waals surface area contributed by atoms with Crippen molar-refractivity contribution in [2.24, 2.45) is 0 Å². The molecule has 2 aromatic rings. The Morgan fingerprint density at radius 2 is 1.69 bits per heavy atom. The van der Waals surface area contributed by atoms with Crippen molar-refractivity contribution in [3.05, 3.63) is 63.7 Å². The minimum Gasteiger partial charge on any atom is -0.324 e. The van der Waals surface area contributed by atoms with E-state index in [1.165, 1.54) is 8.61 Å². The number of nitrogens with one attached hydrogen (secondary N) is 1. The molecule has 1 aliphatic heterocycles. The zero-order chi connectivity index (χ0) is 21.2. The van der Waals surface area contributed by atoms with Gasteiger partial charge in [-0.1, -0.05) is 47.5 Å². The molecule has 0 aromatic heterocycles. The standard InChI is InChI=1S/C21H26ClN3O3S/c1-15-11-16(2)21(17(3)12-15)23-20(26)14-25-10-6-9-24(29(25,27)28)13-18-7-4-5-8-19(18)22/h4-5,7-8,11-12H,6,9-10,13-14H2,1-3H3,(H,23,26). The third-order valence-corrected chi connectivity index (χ3v) is 7.33. The van der Waals surface area contributed by atoms with Gasteiger partial charge in [-0.25, -0.2) is 0 Å². The summed E-state index contributed by atoms with van der Waals surface area (Å²) in [5.74, 6) is -0.344. The minimum atomic E-state index is -3.75. The predicted octanol–water partition coefficient (Wildman–Crippen LogP) is 3.66. The van der Waals surface area contributed by atoms with E-state index in [1.807, 2.05) is 51.1 Å². The fraction of sp³-hybridized carbons (Fsp3) is 0.381. The van der Waals surface area contributed by atoms with Crippen LogP contribution in [0, 0.1) is 20.8 Å². The summed E-state index contributed by atoms with van der Waals surface area (Å²) in [6.07, 6.45) is 0.652. The maximum Gasteiger partial charge on any atom is 0.282 e. The summed E-state index contributed by atoms with van der Waals surface area (Å²) in [6, 6.07) is 11.2. The molecule has 8 heteroatoms. The number of rotatable bonds is 5. The molecule has 0 bridgehead atoms. The number of anilines is 1. The third kappa shape index (κ3) is 4.98. The summed E-state index contributed by atoms with van der Waals surface area (Å²) < 4.78 is 28.7. The first-order chi connectivity index (χ1) is 13.7. The minimum absolute atomic E-state index is 0.191. The molecular weight excluding hydrogens is 410 g/mol.